The fourth-order valence-corrected chi connectivity index (χ4v) is 4.35. The van der Waals surface area contributed by atoms with Crippen LogP contribution in [-0.4, -0.2) is 10.9 Å². The smallest absolute Gasteiger partial charge is 0.260 e. The number of hydrogen-bond acceptors (Lipinski definition) is 3. The van der Waals surface area contributed by atoms with E-state index < -0.39 is 11.7 Å². The zero-order valence-corrected chi connectivity index (χ0v) is 15.8. The predicted octanol–water partition coefficient (Wildman–Crippen LogP) is 6.25. The average Bonchev–Trinajstić information content (AvgIpc) is 3.17. The summed E-state index contributed by atoms with van der Waals surface area (Å²) in [7, 11) is 0. The van der Waals surface area contributed by atoms with E-state index in [4.69, 9.17) is 0 Å². The van der Waals surface area contributed by atoms with Crippen LogP contribution in [0.3, 0.4) is 0 Å². The van der Waals surface area contributed by atoms with Gasteiger partial charge in [0.2, 0.25) is 0 Å². The van der Waals surface area contributed by atoms with Crippen LogP contribution in [0.25, 0.3) is 11.3 Å². The first-order chi connectivity index (χ1) is 13.2. The molecule has 0 atom stereocenters. The molecule has 0 unspecified atom stereocenters. The summed E-state index contributed by atoms with van der Waals surface area (Å²) < 4.78 is 13.7. The van der Waals surface area contributed by atoms with Gasteiger partial charge in [-0.05, 0) is 36.5 Å². The number of thiazole rings is 1. The summed E-state index contributed by atoms with van der Waals surface area (Å²) in [6, 6.07) is 14.5. The number of aromatic nitrogens is 1. The standard InChI is InChI=1S/C22H21FN2OS/c23-19-9-5-4-8-18(19)21(26)25-22-24-20(14-27-22)17-12-10-16(11-13-17)15-6-2-1-3-7-15/h4-5,8-15H,1-3,6-7H2,(H,24,25,26). The molecule has 27 heavy (non-hydrogen) atoms. The zero-order chi connectivity index (χ0) is 18.6. The summed E-state index contributed by atoms with van der Waals surface area (Å²) in [4.78, 5) is 16.7. The first-order valence-electron chi connectivity index (χ1n) is 9.32. The second kappa shape index (κ2) is 8.01. The van der Waals surface area contributed by atoms with E-state index in [0.29, 0.717) is 11.0 Å². The van der Waals surface area contributed by atoms with Crippen molar-refractivity contribution >= 4 is 22.4 Å². The number of carbonyl (C=O) groups is 1. The number of carbonyl (C=O) groups excluding carboxylic acids is 1. The maximum absolute atomic E-state index is 13.7. The Morgan fingerprint density at radius 2 is 1.78 bits per heavy atom. The molecule has 1 saturated carbocycles. The van der Waals surface area contributed by atoms with Crippen LogP contribution in [0.5, 0.6) is 0 Å². The summed E-state index contributed by atoms with van der Waals surface area (Å²) in [5.41, 5.74) is 3.27. The SMILES string of the molecule is O=C(Nc1nc(-c2ccc(C3CCCCC3)cc2)cs1)c1ccccc1F. The molecule has 0 spiro atoms. The van der Waals surface area contributed by atoms with Gasteiger partial charge in [0, 0.05) is 10.9 Å². The molecular weight excluding hydrogens is 359 g/mol. The third-order valence-corrected chi connectivity index (χ3v) is 5.88. The number of amides is 1. The van der Waals surface area contributed by atoms with Crippen LogP contribution in [-0.2, 0) is 0 Å². The van der Waals surface area contributed by atoms with Gasteiger partial charge >= 0.3 is 0 Å². The van der Waals surface area contributed by atoms with E-state index >= 15 is 0 Å². The van der Waals surface area contributed by atoms with Gasteiger partial charge in [-0.3, -0.25) is 10.1 Å². The molecule has 4 rings (SSSR count). The number of nitrogens with zero attached hydrogens (tertiary/aromatic N) is 1. The molecule has 1 aliphatic carbocycles. The molecule has 5 heteroatoms. The fourth-order valence-electron chi connectivity index (χ4n) is 3.64. The Kier molecular flexibility index (Phi) is 5.30. The van der Waals surface area contributed by atoms with E-state index in [1.807, 2.05) is 5.38 Å². The van der Waals surface area contributed by atoms with Gasteiger partial charge in [0.1, 0.15) is 5.82 Å². The van der Waals surface area contributed by atoms with Crippen LogP contribution in [0.2, 0.25) is 0 Å². The molecule has 1 amide bonds. The Hall–Kier alpha value is -2.53. The third kappa shape index (κ3) is 4.08. The van der Waals surface area contributed by atoms with Crippen molar-refractivity contribution in [2.75, 3.05) is 5.32 Å². The summed E-state index contributed by atoms with van der Waals surface area (Å²) >= 11 is 1.34. The van der Waals surface area contributed by atoms with E-state index in [2.05, 4.69) is 34.6 Å². The second-order valence-corrected chi connectivity index (χ2v) is 7.79. The normalized spacial score (nSPS) is 14.9. The first kappa shape index (κ1) is 17.9. The van der Waals surface area contributed by atoms with Crippen molar-refractivity contribution in [1.82, 2.24) is 4.98 Å². The number of rotatable bonds is 4. The molecule has 3 nitrogen and oxygen atoms in total. The molecule has 1 N–H and O–H groups in total. The summed E-state index contributed by atoms with van der Waals surface area (Å²) in [6.07, 6.45) is 6.56. The molecule has 1 fully saturated rings. The van der Waals surface area contributed by atoms with Crippen LogP contribution >= 0.6 is 11.3 Å². The van der Waals surface area contributed by atoms with Crippen molar-refractivity contribution in [3.05, 3.63) is 70.9 Å². The topological polar surface area (TPSA) is 42.0 Å². The summed E-state index contributed by atoms with van der Waals surface area (Å²) in [5.74, 6) is -0.342. The average molecular weight is 380 g/mol. The number of anilines is 1. The quantitative estimate of drug-likeness (QED) is 0.581. The van der Waals surface area contributed by atoms with Gasteiger partial charge in [0.25, 0.3) is 5.91 Å². The monoisotopic (exact) mass is 380 g/mol. The van der Waals surface area contributed by atoms with E-state index in [9.17, 15) is 9.18 Å². The highest BCUT2D eigenvalue weighted by Crippen LogP contribution is 2.34. The van der Waals surface area contributed by atoms with Crippen LogP contribution in [0, 0.1) is 5.82 Å². The lowest BCUT2D eigenvalue weighted by Gasteiger charge is -2.22. The van der Waals surface area contributed by atoms with Crippen LogP contribution in [0.1, 0.15) is 53.9 Å². The van der Waals surface area contributed by atoms with E-state index in [1.54, 1.807) is 12.1 Å². The molecule has 1 heterocycles. The Bertz CT molecular complexity index is 929. The van der Waals surface area contributed by atoms with Gasteiger partial charge in [-0.25, -0.2) is 9.37 Å². The Balaban J connectivity index is 1.46. The summed E-state index contributed by atoms with van der Waals surface area (Å²) in [6.45, 7) is 0. The van der Waals surface area contributed by atoms with Gasteiger partial charge in [-0.1, -0.05) is 55.7 Å². The first-order valence-corrected chi connectivity index (χ1v) is 10.2. The maximum Gasteiger partial charge on any atom is 0.260 e. The molecule has 0 saturated heterocycles. The number of nitrogens with one attached hydrogen (secondary N) is 1. The van der Waals surface area contributed by atoms with E-state index in [-0.39, 0.29) is 5.56 Å². The largest absolute Gasteiger partial charge is 0.298 e. The lowest BCUT2D eigenvalue weighted by molar-refractivity contribution is 0.102. The minimum absolute atomic E-state index is 0.0195. The molecule has 1 aliphatic rings. The van der Waals surface area contributed by atoms with Crippen LogP contribution in [0.4, 0.5) is 9.52 Å². The number of halogens is 1. The van der Waals surface area contributed by atoms with E-state index in [1.165, 1.54) is 61.1 Å². The fraction of sp³-hybridized carbons (Fsp3) is 0.273. The van der Waals surface area contributed by atoms with Crippen molar-refractivity contribution in [2.45, 2.75) is 38.0 Å². The lowest BCUT2D eigenvalue weighted by Crippen LogP contribution is -2.13. The minimum atomic E-state index is -0.537. The molecule has 0 radical (unpaired) electrons. The molecular formula is C22H21FN2OS. The minimum Gasteiger partial charge on any atom is -0.298 e. The molecule has 0 aliphatic heterocycles. The maximum atomic E-state index is 13.7. The lowest BCUT2D eigenvalue weighted by atomic mass is 9.84. The molecule has 2 aromatic carbocycles. The van der Waals surface area contributed by atoms with Gasteiger partial charge in [-0.15, -0.1) is 11.3 Å². The van der Waals surface area contributed by atoms with Gasteiger partial charge in [0.05, 0.1) is 11.3 Å². The number of hydrogen-bond donors (Lipinski definition) is 1. The Morgan fingerprint density at radius 3 is 2.52 bits per heavy atom. The van der Waals surface area contributed by atoms with Crippen molar-refractivity contribution in [3.63, 3.8) is 0 Å². The van der Waals surface area contributed by atoms with E-state index in [0.717, 1.165) is 11.3 Å². The summed E-state index contributed by atoms with van der Waals surface area (Å²) in [5, 5.41) is 5.06. The van der Waals surface area contributed by atoms with Crippen LogP contribution in [0.15, 0.2) is 53.9 Å². The Morgan fingerprint density at radius 1 is 1.04 bits per heavy atom. The third-order valence-electron chi connectivity index (χ3n) is 5.13. The van der Waals surface area contributed by atoms with Crippen molar-refractivity contribution in [3.8, 4) is 11.3 Å². The highest BCUT2D eigenvalue weighted by molar-refractivity contribution is 7.14. The van der Waals surface area contributed by atoms with Crippen molar-refractivity contribution in [1.29, 1.82) is 0 Å². The highest BCUT2D eigenvalue weighted by Gasteiger charge is 2.16. The molecule has 3 aromatic rings. The van der Waals surface area contributed by atoms with Crippen molar-refractivity contribution in [2.24, 2.45) is 0 Å². The zero-order valence-electron chi connectivity index (χ0n) is 15.0. The Labute approximate surface area is 162 Å². The second-order valence-electron chi connectivity index (χ2n) is 6.93. The van der Waals surface area contributed by atoms with Crippen LogP contribution < -0.4 is 5.32 Å². The molecule has 0 bridgehead atoms. The molecule has 1 aromatic heterocycles. The van der Waals surface area contributed by atoms with Gasteiger partial charge in [0.15, 0.2) is 5.13 Å². The highest BCUT2D eigenvalue weighted by atomic mass is 32.1. The molecule has 138 valence electrons. The number of benzene rings is 2. The van der Waals surface area contributed by atoms with Gasteiger partial charge < -0.3 is 0 Å². The predicted molar refractivity (Wildman–Crippen MR) is 108 cm³/mol. The van der Waals surface area contributed by atoms with Crippen molar-refractivity contribution < 1.29 is 9.18 Å². The van der Waals surface area contributed by atoms with Gasteiger partial charge in [-0.2, -0.15) is 0 Å².